The highest BCUT2D eigenvalue weighted by atomic mass is 16.5. The zero-order chi connectivity index (χ0) is 15.2. The molecule has 0 aliphatic carbocycles. The number of anilines is 1. The van der Waals surface area contributed by atoms with Crippen molar-refractivity contribution in [1.82, 2.24) is 5.32 Å². The minimum Gasteiger partial charge on any atom is -0.465 e. The molecular weight excluding hydrogens is 268 g/mol. The third kappa shape index (κ3) is 4.04. The van der Waals surface area contributed by atoms with Crippen molar-refractivity contribution in [1.29, 1.82) is 0 Å². The molecule has 2 rings (SSSR count). The Kier molecular flexibility index (Phi) is 5.33. The van der Waals surface area contributed by atoms with Gasteiger partial charge < -0.3 is 15.4 Å². The van der Waals surface area contributed by atoms with Crippen LogP contribution in [-0.4, -0.2) is 31.6 Å². The molecule has 0 bridgehead atoms. The fourth-order valence-electron chi connectivity index (χ4n) is 2.47. The summed E-state index contributed by atoms with van der Waals surface area (Å²) in [4.78, 5) is 23.9. The van der Waals surface area contributed by atoms with E-state index in [1.165, 1.54) is 7.11 Å². The van der Waals surface area contributed by atoms with Gasteiger partial charge in [0.15, 0.2) is 0 Å². The van der Waals surface area contributed by atoms with Crippen molar-refractivity contribution in [3.63, 3.8) is 0 Å². The Balaban J connectivity index is 2.10. The summed E-state index contributed by atoms with van der Waals surface area (Å²) in [5, 5.41) is 6.18. The third-order valence-electron chi connectivity index (χ3n) is 3.79. The Morgan fingerprint density at radius 3 is 2.86 bits per heavy atom. The molecule has 1 saturated heterocycles. The number of methoxy groups -OCH3 is 1. The van der Waals surface area contributed by atoms with Crippen molar-refractivity contribution in [2.24, 2.45) is 0 Å². The molecule has 1 aromatic carbocycles. The summed E-state index contributed by atoms with van der Waals surface area (Å²) >= 11 is 0. The summed E-state index contributed by atoms with van der Waals surface area (Å²) in [5.74, 6) is -0.444. The number of esters is 1. The smallest absolute Gasteiger partial charge is 0.337 e. The average Bonchev–Trinajstić information content (AvgIpc) is 2.77. The van der Waals surface area contributed by atoms with E-state index in [0.29, 0.717) is 11.3 Å². The predicted molar refractivity (Wildman–Crippen MR) is 81.4 cm³/mol. The molecule has 1 atom stereocenters. The first-order chi connectivity index (χ1) is 10.1. The molecule has 0 aromatic heterocycles. The van der Waals surface area contributed by atoms with Crippen molar-refractivity contribution >= 4 is 17.6 Å². The molecule has 114 valence electrons. The first kappa shape index (κ1) is 15.5. The number of benzene rings is 1. The van der Waals surface area contributed by atoms with Gasteiger partial charge >= 0.3 is 5.97 Å². The maximum atomic E-state index is 12.3. The monoisotopic (exact) mass is 290 g/mol. The summed E-state index contributed by atoms with van der Waals surface area (Å²) in [6.07, 6.45) is 4.18. The van der Waals surface area contributed by atoms with Crippen LogP contribution in [0.4, 0.5) is 5.69 Å². The molecule has 2 N–H and O–H groups in total. The quantitative estimate of drug-likeness (QED) is 0.838. The minimum atomic E-state index is -0.405. The van der Waals surface area contributed by atoms with E-state index in [-0.39, 0.29) is 11.9 Å². The lowest BCUT2D eigenvalue weighted by molar-refractivity contribution is -0.118. The van der Waals surface area contributed by atoms with E-state index >= 15 is 0 Å². The van der Waals surface area contributed by atoms with Gasteiger partial charge in [0.05, 0.1) is 18.7 Å². The number of nitrogens with one attached hydrogen (secondary N) is 2. The van der Waals surface area contributed by atoms with E-state index in [0.717, 1.165) is 37.8 Å². The van der Waals surface area contributed by atoms with Crippen LogP contribution in [0.25, 0.3) is 0 Å². The number of aryl methyl sites for hydroxylation is 1. The highest BCUT2D eigenvalue weighted by Crippen LogP contribution is 2.19. The summed E-state index contributed by atoms with van der Waals surface area (Å²) in [6.45, 7) is 2.77. The molecule has 1 heterocycles. The summed E-state index contributed by atoms with van der Waals surface area (Å²) in [5.41, 5.74) is 2.02. The van der Waals surface area contributed by atoms with Gasteiger partial charge in [-0.1, -0.05) is 18.9 Å². The fourth-order valence-corrected chi connectivity index (χ4v) is 2.47. The van der Waals surface area contributed by atoms with Crippen molar-refractivity contribution < 1.29 is 14.3 Å². The van der Waals surface area contributed by atoms with Gasteiger partial charge in [-0.25, -0.2) is 4.79 Å². The molecule has 1 aliphatic heterocycles. The van der Waals surface area contributed by atoms with Gasteiger partial charge in [0.2, 0.25) is 5.91 Å². The summed E-state index contributed by atoms with van der Waals surface area (Å²) in [7, 11) is 1.34. The zero-order valence-corrected chi connectivity index (χ0v) is 12.6. The fraction of sp³-hybridized carbons (Fsp3) is 0.500. The minimum absolute atomic E-state index is 0.0398. The molecule has 1 unspecified atom stereocenters. The van der Waals surface area contributed by atoms with Gasteiger partial charge in [0.1, 0.15) is 0 Å². The van der Waals surface area contributed by atoms with E-state index in [2.05, 4.69) is 10.6 Å². The van der Waals surface area contributed by atoms with Crippen LogP contribution in [0.2, 0.25) is 0 Å². The van der Waals surface area contributed by atoms with Crippen LogP contribution in [0.3, 0.4) is 0 Å². The van der Waals surface area contributed by atoms with Gasteiger partial charge in [-0.3, -0.25) is 4.79 Å². The van der Waals surface area contributed by atoms with Crippen molar-refractivity contribution in [2.45, 2.75) is 38.6 Å². The number of carbonyl (C=O) groups is 2. The van der Waals surface area contributed by atoms with E-state index < -0.39 is 5.97 Å². The molecule has 0 spiro atoms. The molecule has 1 aromatic rings. The van der Waals surface area contributed by atoms with Gasteiger partial charge in [-0.2, -0.15) is 0 Å². The normalized spacial score (nSPS) is 18.7. The number of amides is 1. The Morgan fingerprint density at radius 2 is 2.10 bits per heavy atom. The number of hydrogen-bond donors (Lipinski definition) is 2. The average molecular weight is 290 g/mol. The summed E-state index contributed by atoms with van der Waals surface area (Å²) in [6, 6.07) is 5.01. The van der Waals surface area contributed by atoms with Gasteiger partial charge in [-0.15, -0.1) is 0 Å². The second kappa shape index (κ2) is 7.22. The van der Waals surface area contributed by atoms with Crippen LogP contribution in [0.5, 0.6) is 0 Å². The molecule has 0 saturated carbocycles. The topological polar surface area (TPSA) is 67.4 Å². The Hall–Kier alpha value is -1.88. The Bertz CT molecular complexity index is 520. The first-order valence-electron chi connectivity index (χ1n) is 7.35. The second-order valence-corrected chi connectivity index (χ2v) is 5.37. The van der Waals surface area contributed by atoms with Gasteiger partial charge in [-0.05, 0) is 44.0 Å². The highest BCUT2D eigenvalue weighted by molar-refractivity contribution is 5.97. The van der Waals surface area contributed by atoms with E-state index in [9.17, 15) is 9.59 Å². The zero-order valence-electron chi connectivity index (χ0n) is 12.6. The molecule has 0 radical (unpaired) electrons. The number of ether oxygens (including phenoxy) is 1. The maximum absolute atomic E-state index is 12.3. The van der Waals surface area contributed by atoms with Crippen LogP contribution in [0, 0.1) is 6.92 Å². The Morgan fingerprint density at radius 1 is 1.29 bits per heavy atom. The van der Waals surface area contributed by atoms with Crippen molar-refractivity contribution in [2.75, 3.05) is 19.0 Å². The maximum Gasteiger partial charge on any atom is 0.337 e. The highest BCUT2D eigenvalue weighted by Gasteiger charge is 2.20. The van der Waals surface area contributed by atoms with Crippen LogP contribution in [-0.2, 0) is 9.53 Å². The standard InChI is InChI=1S/C16H22N2O3/c1-11-7-8-12(16(20)21-2)10-14(11)18-15(19)13-6-4-3-5-9-17-13/h7-8,10,13,17H,3-6,9H2,1-2H3,(H,18,19). The SMILES string of the molecule is COC(=O)c1ccc(C)c(NC(=O)C2CCCCCN2)c1. The Labute approximate surface area is 125 Å². The molecule has 21 heavy (non-hydrogen) atoms. The van der Waals surface area contributed by atoms with Gasteiger partial charge in [0.25, 0.3) is 0 Å². The van der Waals surface area contributed by atoms with Crippen molar-refractivity contribution in [3.8, 4) is 0 Å². The van der Waals surface area contributed by atoms with E-state index in [1.807, 2.05) is 13.0 Å². The molecule has 5 nitrogen and oxygen atoms in total. The van der Waals surface area contributed by atoms with E-state index in [1.54, 1.807) is 12.1 Å². The van der Waals surface area contributed by atoms with Crippen molar-refractivity contribution in [3.05, 3.63) is 29.3 Å². The second-order valence-electron chi connectivity index (χ2n) is 5.37. The molecule has 5 heteroatoms. The van der Waals surface area contributed by atoms with Crippen LogP contribution in [0.15, 0.2) is 18.2 Å². The van der Waals surface area contributed by atoms with Crippen LogP contribution in [0.1, 0.15) is 41.6 Å². The molecule has 1 amide bonds. The van der Waals surface area contributed by atoms with Gasteiger partial charge in [0, 0.05) is 5.69 Å². The number of hydrogen-bond acceptors (Lipinski definition) is 4. The van der Waals surface area contributed by atoms with Crippen LogP contribution >= 0.6 is 0 Å². The molecular formula is C16H22N2O3. The predicted octanol–water partition coefficient (Wildman–Crippen LogP) is 2.25. The molecule has 1 fully saturated rings. The largest absolute Gasteiger partial charge is 0.465 e. The number of carbonyl (C=O) groups excluding carboxylic acids is 2. The summed E-state index contributed by atoms with van der Waals surface area (Å²) < 4.78 is 4.70. The third-order valence-corrected chi connectivity index (χ3v) is 3.79. The molecule has 1 aliphatic rings. The number of rotatable bonds is 3. The van der Waals surface area contributed by atoms with Crippen LogP contribution < -0.4 is 10.6 Å². The lowest BCUT2D eigenvalue weighted by Crippen LogP contribution is -2.40. The van der Waals surface area contributed by atoms with E-state index in [4.69, 9.17) is 4.74 Å². The lowest BCUT2D eigenvalue weighted by atomic mass is 10.1. The first-order valence-corrected chi connectivity index (χ1v) is 7.35. The lowest BCUT2D eigenvalue weighted by Gasteiger charge is -2.17.